The zero-order valence-corrected chi connectivity index (χ0v) is 24.4. The minimum absolute atomic E-state index is 0.00944. The standard InChI is InChI=1S/C27H30N10O7/c1-5-35(6-2)15-20-23(30-34-36(20)25-24(28)32-44-33-25)26(38)31-29-14-17-8-11-21(22(13-17)42-7-3)43-27(39)18-9-10-19(37(40)41)16(4)12-18/h8-14H,5-7,15H2,1-4H3,(H2,28,32)(H,31,38)/b29-14-. The highest BCUT2D eigenvalue weighted by atomic mass is 16.6. The molecule has 17 nitrogen and oxygen atoms in total. The van der Waals surface area contributed by atoms with Crippen molar-refractivity contribution in [1.82, 2.24) is 35.6 Å². The number of nitro benzene ring substituents is 1. The van der Waals surface area contributed by atoms with Gasteiger partial charge < -0.3 is 15.2 Å². The summed E-state index contributed by atoms with van der Waals surface area (Å²) in [6, 6.07) is 8.64. The number of rotatable bonds is 13. The maximum atomic E-state index is 13.1. The van der Waals surface area contributed by atoms with E-state index in [2.05, 4.69) is 35.8 Å². The van der Waals surface area contributed by atoms with Crippen LogP contribution < -0.4 is 20.6 Å². The van der Waals surface area contributed by atoms with Gasteiger partial charge in [0.15, 0.2) is 17.2 Å². The molecule has 0 radical (unpaired) electrons. The number of nitrogen functional groups attached to an aromatic ring is 1. The first-order valence-corrected chi connectivity index (χ1v) is 13.5. The first-order chi connectivity index (χ1) is 21.2. The van der Waals surface area contributed by atoms with Gasteiger partial charge in [-0.05, 0) is 73.1 Å². The Bertz CT molecular complexity index is 1690. The summed E-state index contributed by atoms with van der Waals surface area (Å²) in [5.74, 6) is -0.864. The van der Waals surface area contributed by atoms with Gasteiger partial charge in [0.05, 0.1) is 29.0 Å². The number of nitro groups is 1. The molecule has 3 N–H and O–H groups in total. The van der Waals surface area contributed by atoms with Crippen molar-refractivity contribution in [1.29, 1.82) is 0 Å². The Balaban J connectivity index is 1.50. The number of amides is 1. The van der Waals surface area contributed by atoms with E-state index in [4.69, 9.17) is 15.2 Å². The van der Waals surface area contributed by atoms with Crippen LogP contribution in [0.5, 0.6) is 11.5 Å². The van der Waals surface area contributed by atoms with E-state index >= 15 is 0 Å². The molecule has 2 aromatic carbocycles. The maximum Gasteiger partial charge on any atom is 0.343 e. The molecular formula is C27H30N10O7. The number of hydrogen-bond donors (Lipinski definition) is 2. The van der Waals surface area contributed by atoms with Crippen LogP contribution in [0.2, 0.25) is 0 Å². The lowest BCUT2D eigenvalue weighted by molar-refractivity contribution is -0.385. The quantitative estimate of drug-likeness (QED) is 0.0736. The van der Waals surface area contributed by atoms with E-state index in [1.165, 1.54) is 42.1 Å². The Morgan fingerprint density at radius 3 is 2.57 bits per heavy atom. The van der Waals surface area contributed by atoms with Gasteiger partial charge in [0, 0.05) is 18.2 Å². The Labute approximate surface area is 250 Å². The summed E-state index contributed by atoms with van der Waals surface area (Å²) >= 11 is 0. The zero-order valence-electron chi connectivity index (χ0n) is 24.4. The highest BCUT2D eigenvalue weighted by Crippen LogP contribution is 2.29. The predicted molar refractivity (Wildman–Crippen MR) is 156 cm³/mol. The molecular weight excluding hydrogens is 576 g/mol. The fraction of sp³-hybridized carbons (Fsp3) is 0.296. The second-order valence-electron chi connectivity index (χ2n) is 9.22. The third-order valence-electron chi connectivity index (χ3n) is 6.42. The number of ether oxygens (including phenoxy) is 2. The number of carbonyl (C=O) groups excluding carboxylic acids is 2. The van der Waals surface area contributed by atoms with E-state index < -0.39 is 16.8 Å². The van der Waals surface area contributed by atoms with Crippen molar-refractivity contribution in [2.75, 3.05) is 25.4 Å². The first kappa shape index (κ1) is 31.2. The van der Waals surface area contributed by atoms with Gasteiger partial charge in [0.2, 0.25) is 11.6 Å². The van der Waals surface area contributed by atoms with E-state index in [1.807, 2.05) is 18.7 Å². The van der Waals surface area contributed by atoms with Crippen molar-refractivity contribution in [3.8, 4) is 17.3 Å². The van der Waals surface area contributed by atoms with Crippen LogP contribution in [0.1, 0.15) is 58.4 Å². The minimum atomic E-state index is -0.714. The Morgan fingerprint density at radius 2 is 1.93 bits per heavy atom. The minimum Gasteiger partial charge on any atom is -0.490 e. The van der Waals surface area contributed by atoms with E-state index in [9.17, 15) is 19.7 Å². The molecule has 230 valence electrons. The van der Waals surface area contributed by atoms with Crippen molar-refractivity contribution in [3.63, 3.8) is 0 Å². The number of aryl methyl sites for hydroxylation is 1. The number of nitrogens with zero attached hydrogens (tertiary/aromatic N) is 8. The summed E-state index contributed by atoms with van der Waals surface area (Å²) in [5, 5.41) is 30.5. The van der Waals surface area contributed by atoms with Crippen LogP contribution in [0.3, 0.4) is 0 Å². The van der Waals surface area contributed by atoms with E-state index in [0.717, 1.165) is 0 Å². The van der Waals surface area contributed by atoms with Crippen molar-refractivity contribution >= 4 is 29.6 Å². The third kappa shape index (κ3) is 7.01. The summed E-state index contributed by atoms with van der Waals surface area (Å²) in [4.78, 5) is 38.4. The average Bonchev–Trinajstić information content (AvgIpc) is 3.62. The molecule has 0 spiro atoms. The molecule has 17 heteroatoms. The lowest BCUT2D eigenvalue weighted by Crippen LogP contribution is -2.27. The first-order valence-electron chi connectivity index (χ1n) is 13.5. The van der Waals surface area contributed by atoms with Gasteiger partial charge in [0.25, 0.3) is 11.6 Å². The summed E-state index contributed by atoms with van der Waals surface area (Å²) in [6.45, 7) is 9.25. The number of hydrogen-bond acceptors (Lipinski definition) is 14. The van der Waals surface area contributed by atoms with Crippen LogP contribution in [0, 0.1) is 17.0 Å². The van der Waals surface area contributed by atoms with Crippen LogP contribution in [0.4, 0.5) is 11.5 Å². The molecule has 0 aliphatic heterocycles. The largest absolute Gasteiger partial charge is 0.490 e. The third-order valence-corrected chi connectivity index (χ3v) is 6.42. The van der Waals surface area contributed by atoms with Crippen LogP contribution in [0.25, 0.3) is 5.82 Å². The molecule has 0 unspecified atom stereocenters. The Morgan fingerprint density at radius 1 is 1.16 bits per heavy atom. The van der Waals surface area contributed by atoms with Crippen LogP contribution in [0.15, 0.2) is 46.1 Å². The fourth-order valence-corrected chi connectivity index (χ4v) is 4.11. The smallest absolute Gasteiger partial charge is 0.343 e. The van der Waals surface area contributed by atoms with Gasteiger partial charge >= 0.3 is 5.97 Å². The molecule has 2 aromatic heterocycles. The van der Waals surface area contributed by atoms with Crippen LogP contribution >= 0.6 is 0 Å². The van der Waals surface area contributed by atoms with E-state index in [1.54, 1.807) is 19.1 Å². The molecule has 1 amide bonds. The van der Waals surface area contributed by atoms with E-state index in [0.29, 0.717) is 36.5 Å². The van der Waals surface area contributed by atoms with Gasteiger partial charge in [0.1, 0.15) is 0 Å². The van der Waals surface area contributed by atoms with E-state index in [-0.39, 0.29) is 46.7 Å². The van der Waals surface area contributed by atoms with Crippen molar-refractivity contribution in [2.45, 2.75) is 34.2 Å². The van der Waals surface area contributed by atoms with Crippen molar-refractivity contribution in [3.05, 3.63) is 74.6 Å². The number of benzene rings is 2. The number of aromatic nitrogens is 5. The number of carbonyl (C=O) groups is 2. The average molecular weight is 607 g/mol. The number of nitrogens with one attached hydrogen (secondary N) is 1. The number of esters is 1. The normalized spacial score (nSPS) is 11.2. The lowest BCUT2D eigenvalue weighted by atomic mass is 10.1. The Hall–Kier alpha value is -5.71. The molecule has 0 aliphatic rings. The highest BCUT2D eigenvalue weighted by Gasteiger charge is 2.25. The second-order valence-corrected chi connectivity index (χ2v) is 9.22. The molecule has 4 rings (SSSR count). The zero-order chi connectivity index (χ0) is 31.8. The molecule has 0 atom stereocenters. The highest BCUT2D eigenvalue weighted by molar-refractivity contribution is 5.94. The maximum absolute atomic E-state index is 13.1. The van der Waals surface area contributed by atoms with Crippen LogP contribution in [-0.4, -0.2) is 72.9 Å². The topological polar surface area (TPSA) is 219 Å². The molecule has 2 heterocycles. The van der Waals surface area contributed by atoms with Crippen LogP contribution in [-0.2, 0) is 6.54 Å². The summed E-state index contributed by atoms with van der Waals surface area (Å²) in [6.07, 6.45) is 1.37. The number of nitrogens with two attached hydrogens (primary N) is 1. The predicted octanol–water partition coefficient (Wildman–Crippen LogP) is 2.67. The fourth-order valence-electron chi connectivity index (χ4n) is 4.11. The number of anilines is 1. The van der Waals surface area contributed by atoms with Gasteiger partial charge in [-0.1, -0.05) is 19.1 Å². The second kappa shape index (κ2) is 14.0. The molecule has 0 saturated heterocycles. The lowest BCUT2D eigenvalue weighted by Gasteiger charge is -2.18. The van der Waals surface area contributed by atoms with Crippen molar-refractivity contribution < 1.29 is 28.6 Å². The summed E-state index contributed by atoms with van der Waals surface area (Å²) in [5.41, 5.74) is 9.58. The SMILES string of the molecule is CCOc1cc(/C=N\NC(=O)c2nnn(-c3nonc3N)c2CN(CC)CC)ccc1OC(=O)c1ccc([N+](=O)[O-])c(C)c1. The van der Waals surface area contributed by atoms with Gasteiger partial charge in [-0.15, -0.1) is 5.10 Å². The Kier molecular flexibility index (Phi) is 9.92. The van der Waals surface area contributed by atoms with Gasteiger partial charge in [-0.3, -0.25) is 19.8 Å². The number of hydrazone groups is 1. The molecule has 44 heavy (non-hydrogen) atoms. The molecule has 4 aromatic rings. The molecule has 0 fully saturated rings. The van der Waals surface area contributed by atoms with Crippen molar-refractivity contribution in [2.24, 2.45) is 5.10 Å². The van der Waals surface area contributed by atoms with Gasteiger partial charge in [-0.25, -0.2) is 14.8 Å². The summed E-state index contributed by atoms with van der Waals surface area (Å²) < 4.78 is 17.1. The molecule has 0 aliphatic carbocycles. The molecule has 0 saturated carbocycles. The molecule has 0 bridgehead atoms. The summed E-state index contributed by atoms with van der Waals surface area (Å²) in [7, 11) is 0. The monoisotopic (exact) mass is 606 g/mol. The van der Waals surface area contributed by atoms with Gasteiger partial charge in [-0.2, -0.15) is 9.78 Å².